The van der Waals surface area contributed by atoms with E-state index in [0.29, 0.717) is 25.8 Å². The Morgan fingerprint density at radius 3 is 2.65 bits per heavy atom. The molecule has 0 aromatic heterocycles. The van der Waals surface area contributed by atoms with E-state index < -0.39 is 5.54 Å². The molecule has 2 aliphatic heterocycles. The predicted molar refractivity (Wildman–Crippen MR) is 62.4 cm³/mol. The number of ether oxygens (including phenoxy) is 1. The monoisotopic (exact) mass is 240 g/mol. The van der Waals surface area contributed by atoms with Crippen molar-refractivity contribution in [1.82, 2.24) is 10.2 Å². The molecule has 2 heterocycles. The van der Waals surface area contributed by atoms with Gasteiger partial charge in [0.15, 0.2) is 0 Å². The number of nitrogens with one attached hydrogen (secondary N) is 1. The van der Waals surface area contributed by atoms with E-state index in [2.05, 4.69) is 5.32 Å². The quantitative estimate of drug-likeness (QED) is 0.705. The molecule has 17 heavy (non-hydrogen) atoms. The third-order valence-corrected chi connectivity index (χ3v) is 3.84. The number of methoxy groups -OCH3 is 1. The van der Waals surface area contributed by atoms with Gasteiger partial charge in [0, 0.05) is 13.0 Å². The van der Waals surface area contributed by atoms with Crippen LogP contribution in [0.15, 0.2) is 0 Å². The Morgan fingerprint density at radius 1 is 1.35 bits per heavy atom. The molecule has 5 nitrogen and oxygen atoms in total. The minimum Gasteiger partial charge on any atom is -0.467 e. The lowest BCUT2D eigenvalue weighted by molar-refractivity contribution is -0.166. The third kappa shape index (κ3) is 2.16. The lowest BCUT2D eigenvalue weighted by atomic mass is 9.84. The zero-order valence-electron chi connectivity index (χ0n) is 10.3. The highest BCUT2D eigenvalue weighted by atomic mass is 16.5. The number of hydrogen-bond acceptors (Lipinski definition) is 4. The summed E-state index contributed by atoms with van der Waals surface area (Å²) in [4.78, 5) is 25.9. The Hall–Kier alpha value is -1.10. The number of piperidine rings is 2. The molecule has 0 bridgehead atoms. The van der Waals surface area contributed by atoms with Gasteiger partial charge < -0.3 is 15.0 Å². The Labute approximate surface area is 101 Å². The molecule has 0 saturated carbocycles. The number of nitrogens with zero attached hydrogens (tertiary/aromatic N) is 1. The molecule has 0 aromatic rings. The van der Waals surface area contributed by atoms with E-state index in [4.69, 9.17) is 4.74 Å². The summed E-state index contributed by atoms with van der Waals surface area (Å²) >= 11 is 0. The van der Waals surface area contributed by atoms with Crippen LogP contribution in [0, 0.1) is 0 Å². The van der Waals surface area contributed by atoms with Crippen LogP contribution in [0.5, 0.6) is 0 Å². The smallest absolute Gasteiger partial charge is 0.331 e. The zero-order chi connectivity index (χ0) is 12.3. The minimum atomic E-state index is -0.711. The van der Waals surface area contributed by atoms with Crippen LogP contribution in [0.4, 0.5) is 0 Å². The second-order valence-corrected chi connectivity index (χ2v) is 4.78. The number of rotatable bonds is 2. The molecule has 0 radical (unpaired) electrons. The van der Waals surface area contributed by atoms with Gasteiger partial charge in [-0.1, -0.05) is 0 Å². The maximum Gasteiger partial charge on any atom is 0.331 e. The van der Waals surface area contributed by atoms with Gasteiger partial charge in [-0.05, 0) is 38.8 Å². The number of carbonyl (C=O) groups is 2. The van der Waals surface area contributed by atoms with E-state index in [9.17, 15) is 9.59 Å². The van der Waals surface area contributed by atoms with Crippen LogP contribution in [0.3, 0.4) is 0 Å². The van der Waals surface area contributed by atoms with Crippen molar-refractivity contribution in [3.63, 3.8) is 0 Å². The normalized spacial score (nSPS) is 24.5. The zero-order valence-corrected chi connectivity index (χ0v) is 10.3. The number of carbonyl (C=O) groups excluding carboxylic acids is 2. The highest BCUT2D eigenvalue weighted by Crippen LogP contribution is 2.31. The van der Waals surface area contributed by atoms with Crippen molar-refractivity contribution in [2.45, 2.75) is 37.6 Å². The van der Waals surface area contributed by atoms with Gasteiger partial charge in [0.25, 0.3) is 0 Å². The number of amides is 1. The lowest BCUT2D eigenvalue weighted by Gasteiger charge is -2.45. The highest BCUT2D eigenvalue weighted by molar-refractivity contribution is 5.88. The van der Waals surface area contributed by atoms with Gasteiger partial charge in [-0.25, -0.2) is 4.79 Å². The summed E-state index contributed by atoms with van der Waals surface area (Å²) in [6.45, 7) is 2.21. The lowest BCUT2D eigenvalue weighted by Crippen LogP contribution is -2.62. The first-order chi connectivity index (χ1) is 8.20. The van der Waals surface area contributed by atoms with Crippen LogP contribution in [0.1, 0.15) is 32.1 Å². The molecular weight excluding hydrogens is 220 g/mol. The van der Waals surface area contributed by atoms with E-state index in [1.807, 2.05) is 0 Å². The van der Waals surface area contributed by atoms with E-state index in [1.54, 1.807) is 4.90 Å². The third-order valence-electron chi connectivity index (χ3n) is 3.84. The predicted octanol–water partition coefficient (Wildman–Crippen LogP) is 0.294. The fourth-order valence-corrected chi connectivity index (χ4v) is 2.87. The van der Waals surface area contributed by atoms with Crippen LogP contribution in [0.2, 0.25) is 0 Å². The van der Waals surface area contributed by atoms with E-state index in [1.165, 1.54) is 7.11 Å². The van der Waals surface area contributed by atoms with Gasteiger partial charge >= 0.3 is 5.97 Å². The second kappa shape index (κ2) is 5.04. The van der Waals surface area contributed by atoms with Crippen molar-refractivity contribution in [3.05, 3.63) is 0 Å². The number of hydrogen-bond donors (Lipinski definition) is 1. The molecule has 2 fully saturated rings. The van der Waals surface area contributed by atoms with E-state index in [0.717, 1.165) is 25.9 Å². The Bertz CT molecular complexity index is 311. The van der Waals surface area contributed by atoms with Crippen molar-refractivity contribution in [3.8, 4) is 0 Å². The van der Waals surface area contributed by atoms with Gasteiger partial charge in [-0.2, -0.15) is 0 Å². The summed E-state index contributed by atoms with van der Waals surface area (Å²) in [7, 11) is 1.40. The average Bonchev–Trinajstić information content (AvgIpc) is 2.39. The summed E-state index contributed by atoms with van der Waals surface area (Å²) in [5.41, 5.74) is -0.711. The van der Waals surface area contributed by atoms with Gasteiger partial charge in [0.2, 0.25) is 5.91 Å². The van der Waals surface area contributed by atoms with Gasteiger partial charge in [0.1, 0.15) is 5.54 Å². The SMILES string of the molecule is COC(=O)C1(N2CCCCC2=O)CCNCC1. The van der Waals surface area contributed by atoms with Gasteiger partial charge in [0.05, 0.1) is 7.11 Å². The average molecular weight is 240 g/mol. The molecule has 5 heteroatoms. The minimum absolute atomic E-state index is 0.101. The Morgan fingerprint density at radius 2 is 2.06 bits per heavy atom. The summed E-state index contributed by atoms with van der Waals surface area (Å²) in [6.07, 6.45) is 3.80. The maximum atomic E-state index is 12.1. The summed E-state index contributed by atoms with van der Waals surface area (Å²) in [6, 6.07) is 0. The largest absolute Gasteiger partial charge is 0.467 e. The maximum absolute atomic E-state index is 12.1. The molecular formula is C12H20N2O3. The van der Waals surface area contributed by atoms with Crippen LogP contribution >= 0.6 is 0 Å². The molecule has 0 unspecified atom stereocenters. The van der Waals surface area contributed by atoms with Crippen LogP contribution in [-0.4, -0.2) is 49.1 Å². The van der Waals surface area contributed by atoms with Crippen molar-refractivity contribution in [2.75, 3.05) is 26.7 Å². The van der Waals surface area contributed by atoms with Crippen molar-refractivity contribution >= 4 is 11.9 Å². The molecule has 1 amide bonds. The Balaban J connectivity index is 2.24. The summed E-state index contributed by atoms with van der Waals surface area (Å²) < 4.78 is 4.93. The van der Waals surface area contributed by atoms with Crippen LogP contribution < -0.4 is 5.32 Å². The molecule has 96 valence electrons. The van der Waals surface area contributed by atoms with Gasteiger partial charge in [-0.3, -0.25) is 4.79 Å². The first kappa shape index (κ1) is 12.4. The molecule has 0 aromatic carbocycles. The Kier molecular flexibility index (Phi) is 3.66. The standard InChI is InChI=1S/C12H20N2O3/c1-17-11(16)12(5-7-13-8-6-12)14-9-3-2-4-10(14)15/h13H,2-9H2,1H3. The van der Waals surface area contributed by atoms with Crippen molar-refractivity contribution < 1.29 is 14.3 Å². The molecule has 1 N–H and O–H groups in total. The topological polar surface area (TPSA) is 58.6 Å². The fourth-order valence-electron chi connectivity index (χ4n) is 2.87. The number of likely N-dealkylation sites (tertiary alicyclic amines) is 1. The summed E-state index contributed by atoms with van der Waals surface area (Å²) in [5, 5.41) is 3.23. The fraction of sp³-hybridized carbons (Fsp3) is 0.833. The second-order valence-electron chi connectivity index (χ2n) is 4.78. The molecule has 0 aliphatic carbocycles. The van der Waals surface area contributed by atoms with E-state index >= 15 is 0 Å². The molecule has 0 atom stereocenters. The van der Waals surface area contributed by atoms with E-state index in [-0.39, 0.29) is 11.9 Å². The van der Waals surface area contributed by atoms with Crippen LogP contribution in [0.25, 0.3) is 0 Å². The first-order valence-electron chi connectivity index (χ1n) is 6.30. The first-order valence-corrected chi connectivity index (χ1v) is 6.30. The number of esters is 1. The molecule has 2 rings (SSSR count). The molecule has 2 saturated heterocycles. The van der Waals surface area contributed by atoms with Crippen LogP contribution in [-0.2, 0) is 14.3 Å². The summed E-state index contributed by atoms with van der Waals surface area (Å²) in [5.74, 6) is -0.155. The highest BCUT2D eigenvalue weighted by Gasteiger charge is 2.48. The molecule has 0 spiro atoms. The van der Waals surface area contributed by atoms with Gasteiger partial charge in [-0.15, -0.1) is 0 Å². The van der Waals surface area contributed by atoms with Crippen molar-refractivity contribution in [1.29, 1.82) is 0 Å². The van der Waals surface area contributed by atoms with Crippen molar-refractivity contribution in [2.24, 2.45) is 0 Å². The molecule has 2 aliphatic rings.